The number of nitrogens with zero attached hydrogens (tertiary/aromatic N) is 1. The van der Waals surface area contributed by atoms with E-state index >= 15 is 0 Å². The molecule has 2 aromatic carbocycles. The highest BCUT2D eigenvalue weighted by molar-refractivity contribution is 5.95. The number of benzene rings is 2. The Kier molecular flexibility index (Phi) is 5.94. The van der Waals surface area contributed by atoms with Gasteiger partial charge in [0.15, 0.2) is 0 Å². The maximum absolute atomic E-state index is 12.8. The van der Waals surface area contributed by atoms with Crippen LogP contribution in [0.3, 0.4) is 0 Å². The van der Waals surface area contributed by atoms with Crippen molar-refractivity contribution in [1.29, 1.82) is 0 Å². The van der Waals surface area contributed by atoms with Gasteiger partial charge in [-0.1, -0.05) is 50.2 Å². The van der Waals surface area contributed by atoms with E-state index in [-0.39, 0.29) is 11.9 Å². The van der Waals surface area contributed by atoms with Gasteiger partial charge in [-0.3, -0.25) is 9.69 Å². The fourth-order valence-corrected chi connectivity index (χ4v) is 3.54. The standard InChI is InChI=1S/C22H29N3O/c1-16(2)20-11-7-8-12-21(20)24-22(26)17(3)25-14-13-19(15-25)23-18-9-5-4-6-10-18/h4-12,16-17,19,23H,13-15H2,1-3H3,(H,24,26). The summed E-state index contributed by atoms with van der Waals surface area (Å²) in [6.45, 7) is 8.11. The van der Waals surface area contributed by atoms with Crippen molar-refractivity contribution < 1.29 is 4.79 Å². The molecule has 0 radical (unpaired) electrons. The van der Waals surface area contributed by atoms with Gasteiger partial charge < -0.3 is 10.6 Å². The number of para-hydroxylation sites is 2. The van der Waals surface area contributed by atoms with Gasteiger partial charge >= 0.3 is 0 Å². The lowest BCUT2D eigenvalue weighted by Gasteiger charge is -2.24. The van der Waals surface area contributed by atoms with E-state index in [1.807, 2.05) is 43.3 Å². The molecule has 0 spiro atoms. The van der Waals surface area contributed by atoms with E-state index in [2.05, 4.69) is 47.6 Å². The van der Waals surface area contributed by atoms with Crippen molar-refractivity contribution >= 4 is 17.3 Å². The Morgan fingerprint density at radius 3 is 2.46 bits per heavy atom. The maximum Gasteiger partial charge on any atom is 0.241 e. The van der Waals surface area contributed by atoms with Gasteiger partial charge in [0.1, 0.15) is 0 Å². The zero-order valence-corrected chi connectivity index (χ0v) is 15.9. The summed E-state index contributed by atoms with van der Waals surface area (Å²) in [6, 6.07) is 18.6. The number of rotatable bonds is 6. The maximum atomic E-state index is 12.8. The van der Waals surface area contributed by atoms with Gasteiger partial charge in [-0.25, -0.2) is 0 Å². The minimum atomic E-state index is -0.141. The van der Waals surface area contributed by atoms with Crippen LogP contribution >= 0.6 is 0 Å². The molecule has 0 bridgehead atoms. The minimum Gasteiger partial charge on any atom is -0.381 e. The second-order valence-electron chi connectivity index (χ2n) is 7.40. The topological polar surface area (TPSA) is 44.4 Å². The van der Waals surface area contributed by atoms with Gasteiger partial charge in [-0.05, 0) is 43.0 Å². The number of nitrogens with one attached hydrogen (secondary N) is 2. The number of amides is 1. The molecule has 2 unspecified atom stereocenters. The molecule has 1 saturated heterocycles. The summed E-state index contributed by atoms with van der Waals surface area (Å²) in [5, 5.41) is 6.70. The van der Waals surface area contributed by atoms with Crippen LogP contribution in [-0.4, -0.2) is 36.0 Å². The van der Waals surface area contributed by atoms with Crippen molar-refractivity contribution in [2.75, 3.05) is 23.7 Å². The zero-order valence-electron chi connectivity index (χ0n) is 15.9. The molecule has 138 valence electrons. The Bertz CT molecular complexity index is 729. The molecular weight excluding hydrogens is 322 g/mol. The first-order chi connectivity index (χ1) is 12.5. The van der Waals surface area contributed by atoms with Crippen LogP contribution in [0.2, 0.25) is 0 Å². The molecule has 3 rings (SSSR count). The van der Waals surface area contributed by atoms with E-state index in [0.29, 0.717) is 12.0 Å². The van der Waals surface area contributed by atoms with Crippen LogP contribution in [0.4, 0.5) is 11.4 Å². The molecule has 26 heavy (non-hydrogen) atoms. The molecule has 0 saturated carbocycles. The van der Waals surface area contributed by atoms with Crippen molar-refractivity contribution in [2.45, 2.75) is 45.2 Å². The lowest BCUT2D eigenvalue weighted by molar-refractivity contribution is -0.120. The Morgan fingerprint density at radius 2 is 1.73 bits per heavy atom. The molecular formula is C22H29N3O. The van der Waals surface area contributed by atoms with Gasteiger partial charge in [0.05, 0.1) is 6.04 Å². The first kappa shape index (κ1) is 18.5. The highest BCUT2D eigenvalue weighted by Crippen LogP contribution is 2.24. The summed E-state index contributed by atoms with van der Waals surface area (Å²) in [5.74, 6) is 0.450. The predicted molar refractivity (Wildman–Crippen MR) is 109 cm³/mol. The third-order valence-electron chi connectivity index (χ3n) is 5.13. The molecule has 2 aromatic rings. The fourth-order valence-electron chi connectivity index (χ4n) is 3.54. The van der Waals surface area contributed by atoms with Crippen molar-refractivity contribution in [3.05, 3.63) is 60.2 Å². The second-order valence-corrected chi connectivity index (χ2v) is 7.40. The van der Waals surface area contributed by atoms with Gasteiger partial charge in [-0.15, -0.1) is 0 Å². The quantitative estimate of drug-likeness (QED) is 0.814. The van der Waals surface area contributed by atoms with Gasteiger partial charge in [-0.2, -0.15) is 0 Å². The first-order valence-corrected chi connectivity index (χ1v) is 9.50. The molecule has 0 aromatic heterocycles. The number of carbonyl (C=O) groups is 1. The fraction of sp³-hybridized carbons (Fsp3) is 0.409. The molecule has 4 heteroatoms. The summed E-state index contributed by atoms with van der Waals surface area (Å²) in [4.78, 5) is 15.0. The highest BCUT2D eigenvalue weighted by Gasteiger charge is 2.29. The minimum absolute atomic E-state index is 0.0680. The number of likely N-dealkylation sites (tertiary alicyclic amines) is 1. The van der Waals surface area contributed by atoms with Gasteiger partial charge in [0.25, 0.3) is 0 Å². The molecule has 1 fully saturated rings. The van der Waals surface area contributed by atoms with Crippen molar-refractivity contribution in [3.63, 3.8) is 0 Å². The van der Waals surface area contributed by atoms with Crippen LogP contribution in [0.25, 0.3) is 0 Å². The normalized spacial score (nSPS) is 18.7. The first-order valence-electron chi connectivity index (χ1n) is 9.50. The Labute approximate surface area is 156 Å². The predicted octanol–water partition coefficient (Wildman–Crippen LogP) is 4.32. The third kappa shape index (κ3) is 4.44. The van der Waals surface area contributed by atoms with E-state index in [0.717, 1.165) is 30.9 Å². The summed E-state index contributed by atoms with van der Waals surface area (Å²) < 4.78 is 0. The van der Waals surface area contributed by atoms with Crippen molar-refractivity contribution in [1.82, 2.24) is 4.90 Å². The lowest BCUT2D eigenvalue weighted by Crippen LogP contribution is -2.41. The summed E-state index contributed by atoms with van der Waals surface area (Å²) >= 11 is 0. The van der Waals surface area contributed by atoms with E-state index in [1.165, 1.54) is 5.56 Å². The van der Waals surface area contributed by atoms with E-state index < -0.39 is 0 Å². The molecule has 1 aliphatic rings. The Hall–Kier alpha value is -2.33. The number of carbonyl (C=O) groups excluding carboxylic acids is 1. The average molecular weight is 351 g/mol. The molecule has 1 amide bonds. The van der Waals surface area contributed by atoms with Gasteiger partial charge in [0, 0.05) is 30.5 Å². The van der Waals surface area contributed by atoms with Crippen molar-refractivity contribution in [3.8, 4) is 0 Å². The Balaban J connectivity index is 1.58. The van der Waals surface area contributed by atoms with Crippen LogP contribution < -0.4 is 10.6 Å². The van der Waals surface area contributed by atoms with Crippen LogP contribution in [0, 0.1) is 0 Å². The van der Waals surface area contributed by atoms with Crippen LogP contribution in [0.5, 0.6) is 0 Å². The smallest absolute Gasteiger partial charge is 0.241 e. The summed E-state index contributed by atoms with van der Waals surface area (Å²) in [6.07, 6.45) is 1.05. The van der Waals surface area contributed by atoms with E-state index in [9.17, 15) is 4.79 Å². The van der Waals surface area contributed by atoms with E-state index in [1.54, 1.807) is 0 Å². The summed E-state index contributed by atoms with van der Waals surface area (Å²) in [5.41, 5.74) is 3.25. The number of anilines is 2. The Morgan fingerprint density at radius 1 is 1.04 bits per heavy atom. The SMILES string of the molecule is CC(C)c1ccccc1NC(=O)C(C)N1CCC(Nc2ccccc2)C1. The van der Waals surface area contributed by atoms with E-state index in [4.69, 9.17) is 0 Å². The molecule has 0 aliphatic carbocycles. The van der Waals surface area contributed by atoms with Crippen LogP contribution in [-0.2, 0) is 4.79 Å². The highest BCUT2D eigenvalue weighted by atomic mass is 16.2. The van der Waals surface area contributed by atoms with Gasteiger partial charge in [0.2, 0.25) is 5.91 Å². The number of hydrogen-bond donors (Lipinski definition) is 2. The summed E-state index contributed by atoms with van der Waals surface area (Å²) in [7, 11) is 0. The second kappa shape index (κ2) is 8.37. The molecule has 2 N–H and O–H groups in total. The lowest BCUT2D eigenvalue weighted by atomic mass is 10.0. The third-order valence-corrected chi connectivity index (χ3v) is 5.13. The van der Waals surface area contributed by atoms with Crippen LogP contribution in [0.1, 0.15) is 38.7 Å². The number of hydrogen-bond acceptors (Lipinski definition) is 3. The molecule has 4 nitrogen and oxygen atoms in total. The molecule has 1 aliphatic heterocycles. The molecule has 1 heterocycles. The largest absolute Gasteiger partial charge is 0.381 e. The monoisotopic (exact) mass is 351 g/mol. The zero-order chi connectivity index (χ0) is 18.5. The molecule has 2 atom stereocenters. The van der Waals surface area contributed by atoms with Crippen molar-refractivity contribution in [2.24, 2.45) is 0 Å². The average Bonchev–Trinajstić information content (AvgIpc) is 3.10. The van der Waals surface area contributed by atoms with Crippen LogP contribution in [0.15, 0.2) is 54.6 Å².